The summed E-state index contributed by atoms with van der Waals surface area (Å²) in [7, 11) is 2.84. The molecule has 3 amide bonds. The number of amides is 3. The lowest BCUT2D eigenvalue weighted by molar-refractivity contribution is -0.112. The molecular formula is C35H43N3O10. The van der Waals surface area contributed by atoms with Gasteiger partial charge < -0.3 is 51.0 Å². The number of hydrogen-bond donors (Lipinski definition) is 7. The number of primary amides is 1. The van der Waals surface area contributed by atoms with Crippen molar-refractivity contribution >= 4 is 35.4 Å². The second-order valence-corrected chi connectivity index (χ2v) is 11.6. The fraction of sp³-hybridized carbons (Fsp3) is 0.343. The van der Waals surface area contributed by atoms with Crippen LogP contribution in [0.15, 0.2) is 71.4 Å². The van der Waals surface area contributed by atoms with Gasteiger partial charge in [-0.25, -0.2) is 4.79 Å². The van der Waals surface area contributed by atoms with E-state index >= 15 is 0 Å². The molecule has 0 aromatic heterocycles. The molecule has 48 heavy (non-hydrogen) atoms. The Morgan fingerprint density at radius 3 is 2.40 bits per heavy atom. The molecule has 0 fully saturated rings. The Hall–Kier alpha value is -5.11. The van der Waals surface area contributed by atoms with Crippen LogP contribution in [-0.4, -0.2) is 77.0 Å². The molecule has 8 N–H and O–H groups in total. The van der Waals surface area contributed by atoms with Crippen LogP contribution in [0.4, 0.5) is 16.2 Å². The number of allylic oxidation sites excluding steroid dienone is 2. The molecule has 0 unspecified atom stereocenters. The Balaban J connectivity index is 2.19. The van der Waals surface area contributed by atoms with Crippen LogP contribution in [0.3, 0.4) is 0 Å². The van der Waals surface area contributed by atoms with Crippen molar-refractivity contribution in [1.82, 2.24) is 0 Å². The zero-order valence-electron chi connectivity index (χ0n) is 27.7. The number of phenolic OH excluding ortho intramolecular Hbond substituents is 3. The summed E-state index contributed by atoms with van der Waals surface area (Å²) in [4.78, 5) is 38.0. The number of ether oxygens (including phenoxy) is 3. The van der Waals surface area contributed by atoms with E-state index in [2.05, 4.69) is 10.6 Å². The highest BCUT2D eigenvalue weighted by Crippen LogP contribution is 2.42. The molecule has 2 bridgehead atoms. The van der Waals surface area contributed by atoms with Gasteiger partial charge in [0.2, 0.25) is 0 Å². The Kier molecular flexibility index (Phi) is 12.9. The molecule has 0 aliphatic carbocycles. The standard InChI is InChI=1S/C35H43N3O10/c1-18-13-24-29(38-34(44)22-10-8-11-23(39)16-22)26(40)17-25(31(24)42)37-33(43)19(2)9-7-12-27(46-5)32(48-35(36)45)21(4)15-20(3)30(41)28(14-18)47-6/h7-13,15-17,20,27-28,30,32,39-42H,14H2,1-6H3,(H2,36,45)(H,37,43)(H,38,44)/t20-,27-,28-,30+,32-/m0/s1. The highest BCUT2D eigenvalue weighted by Gasteiger charge is 2.29. The van der Waals surface area contributed by atoms with Crippen molar-refractivity contribution in [2.24, 2.45) is 11.7 Å². The van der Waals surface area contributed by atoms with Gasteiger partial charge in [-0.2, -0.15) is 0 Å². The molecule has 0 spiro atoms. The minimum atomic E-state index is -1.07. The first-order valence-corrected chi connectivity index (χ1v) is 15.1. The van der Waals surface area contributed by atoms with Crippen LogP contribution in [0.5, 0.6) is 17.2 Å². The van der Waals surface area contributed by atoms with E-state index in [0.29, 0.717) is 11.1 Å². The number of aliphatic hydroxyl groups excluding tert-OH is 1. The molecule has 1 aliphatic rings. The van der Waals surface area contributed by atoms with Crippen molar-refractivity contribution in [2.75, 3.05) is 24.9 Å². The van der Waals surface area contributed by atoms with Crippen molar-refractivity contribution in [3.05, 3.63) is 82.5 Å². The van der Waals surface area contributed by atoms with E-state index in [4.69, 9.17) is 19.9 Å². The van der Waals surface area contributed by atoms with Crippen LogP contribution in [0, 0.1) is 5.92 Å². The van der Waals surface area contributed by atoms with Gasteiger partial charge in [-0.05, 0) is 57.0 Å². The summed E-state index contributed by atoms with van der Waals surface area (Å²) in [5.41, 5.74) is 6.40. The van der Waals surface area contributed by atoms with Gasteiger partial charge >= 0.3 is 6.09 Å². The van der Waals surface area contributed by atoms with Crippen LogP contribution in [0.25, 0.3) is 6.08 Å². The quantitative estimate of drug-likeness (QED) is 0.132. The lowest BCUT2D eigenvalue weighted by Gasteiger charge is -2.28. The zero-order chi connectivity index (χ0) is 35.7. The summed E-state index contributed by atoms with van der Waals surface area (Å²) in [6, 6.07) is 6.66. The lowest BCUT2D eigenvalue weighted by Crippen LogP contribution is -2.36. The van der Waals surface area contributed by atoms with E-state index in [1.165, 1.54) is 63.6 Å². The molecule has 2 aromatic carbocycles. The number of methoxy groups -OCH3 is 2. The van der Waals surface area contributed by atoms with Gasteiger partial charge in [-0.1, -0.05) is 42.9 Å². The molecular weight excluding hydrogens is 622 g/mol. The summed E-state index contributed by atoms with van der Waals surface area (Å²) >= 11 is 0. The van der Waals surface area contributed by atoms with Gasteiger partial charge in [-0.3, -0.25) is 9.59 Å². The Morgan fingerprint density at radius 2 is 1.77 bits per heavy atom. The van der Waals surface area contributed by atoms with E-state index in [-0.39, 0.29) is 40.2 Å². The smallest absolute Gasteiger partial charge is 0.405 e. The molecule has 0 saturated carbocycles. The molecule has 1 heterocycles. The van der Waals surface area contributed by atoms with E-state index in [1.807, 2.05) is 0 Å². The summed E-state index contributed by atoms with van der Waals surface area (Å²) in [5, 5.41) is 48.8. The summed E-state index contributed by atoms with van der Waals surface area (Å²) in [5.74, 6) is -2.90. The van der Waals surface area contributed by atoms with Gasteiger partial charge in [-0.15, -0.1) is 0 Å². The maximum absolute atomic E-state index is 13.1. The third-order valence-corrected chi connectivity index (χ3v) is 7.84. The first-order chi connectivity index (χ1) is 22.7. The van der Waals surface area contributed by atoms with Crippen LogP contribution in [0.1, 0.15) is 50.0 Å². The zero-order valence-corrected chi connectivity index (χ0v) is 27.7. The van der Waals surface area contributed by atoms with Crippen LogP contribution < -0.4 is 16.4 Å². The number of phenols is 3. The van der Waals surface area contributed by atoms with Gasteiger partial charge in [0.25, 0.3) is 11.8 Å². The normalized spacial score (nSPS) is 22.5. The predicted octanol–water partition coefficient (Wildman–Crippen LogP) is 4.74. The van der Waals surface area contributed by atoms with Gasteiger partial charge in [0.1, 0.15) is 23.4 Å². The van der Waals surface area contributed by atoms with Crippen LogP contribution in [0.2, 0.25) is 0 Å². The van der Waals surface area contributed by atoms with E-state index < -0.39 is 59.7 Å². The molecule has 0 radical (unpaired) electrons. The number of carbonyl (C=O) groups excluding carboxylic acids is 3. The maximum Gasteiger partial charge on any atom is 0.405 e. The van der Waals surface area contributed by atoms with E-state index in [9.17, 15) is 34.8 Å². The third-order valence-electron chi connectivity index (χ3n) is 7.84. The monoisotopic (exact) mass is 665 g/mol. The molecule has 258 valence electrons. The van der Waals surface area contributed by atoms with Crippen molar-refractivity contribution in [1.29, 1.82) is 0 Å². The van der Waals surface area contributed by atoms with Crippen molar-refractivity contribution in [2.45, 2.75) is 58.5 Å². The number of fused-ring (bicyclic) bond motifs is 2. The Labute approximate surface area is 279 Å². The number of hydrogen-bond acceptors (Lipinski definition) is 10. The van der Waals surface area contributed by atoms with Gasteiger partial charge in [0.15, 0.2) is 6.10 Å². The molecule has 13 nitrogen and oxygen atoms in total. The Bertz CT molecular complexity index is 1650. The molecule has 0 saturated heterocycles. The molecule has 5 atom stereocenters. The first-order valence-electron chi connectivity index (χ1n) is 15.1. The van der Waals surface area contributed by atoms with Gasteiger partial charge in [0.05, 0.1) is 23.6 Å². The predicted molar refractivity (Wildman–Crippen MR) is 181 cm³/mol. The van der Waals surface area contributed by atoms with Gasteiger partial charge in [0, 0.05) is 42.9 Å². The summed E-state index contributed by atoms with van der Waals surface area (Å²) < 4.78 is 16.6. The van der Waals surface area contributed by atoms with E-state index in [1.54, 1.807) is 32.9 Å². The summed E-state index contributed by atoms with van der Waals surface area (Å²) in [6.45, 7) is 6.68. The lowest BCUT2D eigenvalue weighted by atomic mass is 9.91. The number of aromatic hydroxyl groups is 3. The number of rotatable bonds is 5. The fourth-order valence-electron chi connectivity index (χ4n) is 5.24. The average Bonchev–Trinajstić information content (AvgIpc) is 3.03. The number of aliphatic hydroxyl groups is 1. The first kappa shape index (κ1) is 37.3. The van der Waals surface area contributed by atoms with Crippen molar-refractivity contribution < 1.29 is 49.0 Å². The fourth-order valence-corrected chi connectivity index (χ4v) is 5.24. The largest absolute Gasteiger partial charge is 0.508 e. The number of nitrogens with one attached hydrogen (secondary N) is 2. The molecule has 3 rings (SSSR count). The average molecular weight is 666 g/mol. The van der Waals surface area contributed by atoms with Crippen molar-refractivity contribution in [3.63, 3.8) is 0 Å². The number of nitrogens with two attached hydrogens (primary N) is 1. The highest BCUT2D eigenvalue weighted by molar-refractivity contribution is 6.09. The number of anilines is 2. The number of carbonyl (C=O) groups is 3. The maximum atomic E-state index is 13.1. The second-order valence-electron chi connectivity index (χ2n) is 11.6. The number of benzene rings is 2. The SMILES string of the molecule is CO[C@H]1C=CC=C(C)C(=O)Nc2cc(O)c(NC(=O)c3cccc(O)c3)c(c2O)C=C(C)C[C@H](OC)[C@H](O)[C@@H](C)C=C(C)[C@@H]1OC(N)=O. The molecule has 2 aromatic rings. The van der Waals surface area contributed by atoms with E-state index in [0.717, 1.165) is 6.07 Å². The minimum absolute atomic E-state index is 0.0294. The minimum Gasteiger partial charge on any atom is -0.508 e. The second kappa shape index (κ2) is 16.6. The third kappa shape index (κ3) is 9.47. The Morgan fingerprint density at radius 1 is 1.06 bits per heavy atom. The topological polar surface area (TPSA) is 210 Å². The molecule has 13 heteroatoms. The highest BCUT2D eigenvalue weighted by atomic mass is 16.6. The van der Waals surface area contributed by atoms with Crippen LogP contribution in [-0.2, 0) is 19.0 Å². The molecule has 1 aliphatic heterocycles. The summed E-state index contributed by atoms with van der Waals surface area (Å²) in [6.07, 6.45) is 3.26. The van der Waals surface area contributed by atoms with Crippen molar-refractivity contribution in [3.8, 4) is 17.2 Å². The van der Waals surface area contributed by atoms with Crippen LogP contribution >= 0.6 is 0 Å².